The zero-order valence-electron chi connectivity index (χ0n) is 16.3. The molecule has 1 saturated heterocycles. The average molecular weight is 382 g/mol. The van der Waals surface area contributed by atoms with Crippen LogP contribution in [0.5, 0.6) is 0 Å². The van der Waals surface area contributed by atoms with E-state index in [4.69, 9.17) is 0 Å². The van der Waals surface area contributed by atoms with Crippen molar-refractivity contribution < 1.29 is 13.2 Å². The predicted molar refractivity (Wildman–Crippen MR) is 106 cm³/mol. The molecule has 1 aromatic carbocycles. The van der Waals surface area contributed by atoms with E-state index in [1.54, 1.807) is 19.1 Å². The Labute approximate surface area is 157 Å². The Kier molecular flexibility index (Phi) is 7.06. The molecule has 0 radical (unpaired) electrons. The van der Waals surface area contributed by atoms with Gasteiger partial charge in [0, 0.05) is 6.54 Å². The van der Waals surface area contributed by atoms with Crippen LogP contribution in [0.25, 0.3) is 0 Å². The minimum Gasteiger partial charge on any atom is -0.354 e. The number of sulfonamides is 1. The zero-order valence-corrected chi connectivity index (χ0v) is 17.1. The number of anilines is 1. The third-order valence-electron chi connectivity index (χ3n) is 4.70. The number of nitrogens with one attached hydrogen (secondary N) is 1. The van der Waals surface area contributed by atoms with Gasteiger partial charge in [0.05, 0.1) is 11.9 Å². The summed E-state index contributed by atoms with van der Waals surface area (Å²) in [5, 5.41) is 2.89. The van der Waals surface area contributed by atoms with Gasteiger partial charge in [-0.2, -0.15) is 0 Å². The quantitative estimate of drug-likeness (QED) is 0.700. The van der Waals surface area contributed by atoms with Crippen LogP contribution in [-0.2, 0) is 14.8 Å². The highest BCUT2D eigenvalue weighted by atomic mass is 32.2. The second kappa shape index (κ2) is 8.86. The zero-order chi connectivity index (χ0) is 19.3. The van der Waals surface area contributed by atoms with Crippen LogP contribution in [0.2, 0.25) is 0 Å². The molecule has 0 saturated carbocycles. The van der Waals surface area contributed by atoms with Crippen LogP contribution in [0.15, 0.2) is 18.2 Å². The fourth-order valence-corrected chi connectivity index (χ4v) is 4.71. The lowest BCUT2D eigenvalue weighted by Crippen LogP contribution is -2.48. The molecule has 1 heterocycles. The van der Waals surface area contributed by atoms with Gasteiger partial charge in [0.15, 0.2) is 0 Å². The Morgan fingerprint density at radius 1 is 1.19 bits per heavy atom. The largest absolute Gasteiger partial charge is 0.354 e. The molecule has 0 aromatic heterocycles. The topological polar surface area (TPSA) is 69.7 Å². The molecule has 146 valence electrons. The first-order chi connectivity index (χ1) is 12.2. The monoisotopic (exact) mass is 381 g/mol. The van der Waals surface area contributed by atoms with Gasteiger partial charge < -0.3 is 10.2 Å². The smallest absolute Gasteiger partial charge is 0.243 e. The summed E-state index contributed by atoms with van der Waals surface area (Å²) in [5.74, 6) is -0.268. The number of amides is 1. The standard InChI is InChI=1S/C19H31N3O3S/c1-15-12-16(2)14-18(13-15)22(26(4,24)25)17(3)19(23)20-8-7-11-21-9-5-6-10-21/h12-14,17H,5-11H2,1-4H3,(H,20,23)/t17-/m0/s1. The molecule has 1 N–H and O–H groups in total. The number of rotatable bonds is 8. The van der Waals surface area contributed by atoms with Crippen LogP contribution < -0.4 is 9.62 Å². The second-order valence-electron chi connectivity index (χ2n) is 7.27. The Morgan fingerprint density at radius 2 is 1.77 bits per heavy atom. The summed E-state index contributed by atoms with van der Waals surface area (Å²) in [6.45, 7) is 9.28. The van der Waals surface area contributed by atoms with Gasteiger partial charge in [0.1, 0.15) is 6.04 Å². The maximum Gasteiger partial charge on any atom is 0.243 e. The lowest BCUT2D eigenvalue weighted by molar-refractivity contribution is -0.121. The number of nitrogens with zero attached hydrogens (tertiary/aromatic N) is 2. The van der Waals surface area contributed by atoms with E-state index in [1.807, 2.05) is 19.9 Å². The highest BCUT2D eigenvalue weighted by Crippen LogP contribution is 2.23. The molecule has 1 aliphatic rings. The first kappa shape index (κ1) is 20.7. The van der Waals surface area contributed by atoms with Crippen LogP contribution >= 0.6 is 0 Å². The molecule has 7 heteroatoms. The van der Waals surface area contributed by atoms with Crippen LogP contribution in [0.4, 0.5) is 5.69 Å². The number of benzene rings is 1. The third-order valence-corrected chi connectivity index (χ3v) is 5.94. The summed E-state index contributed by atoms with van der Waals surface area (Å²) in [5.41, 5.74) is 2.46. The Balaban J connectivity index is 2.01. The summed E-state index contributed by atoms with van der Waals surface area (Å²) in [6, 6.07) is 4.78. The molecule has 0 bridgehead atoms. The molecule has 1 fully saturated rings. The number of carbonyl (C=O) groups is 1. The molecule has 1 aromatic rings. The van der Waals surface area contributed by atoms with E-state index in [2.05, 4.69) is 10.2 Å². The minimum atomic E-state index is -3.58. The SMILES string of the molecule is Cc1cc(C)cc(N([C@@H](C)C(=O)NCCCN2CCCC2)S(C)(=O)=O)c1. The van der Waals surface area contributed by atoms with E-state index in [1.165, 1.54) is 17.1 Å². The number of hydrogen-bond acceptors (Lipinski definition) is 4. The summed E-state index contributed by atoms with van der Waals surface area (Å²) >= 11 is 0. The fraction of sp³-hybridized carbons (Fsp3) is 0.632. The van der Waals surface area contributed by atoms with Gasteiger partial charge in [0.25, 0.3) is 0 Å². The van der Waals surface area contributed by atoms with Gasteiger partial charge in [0.2, 0.25) is 15.9 Å². The van der Waals surface area contributed by atoms with Crippen LogP contribution in [0.1, 0.15) is 37.3 Å². The van der Waals surface area contributed by atoms with Crippen molar-refractivity contribution in [1.29, 1.82) is 0 Å². The lowest BCUT2D eigenvalue weighted by atomic mass is 10.1. The fourth-order valence-electron chi connectivity index (χ4n) is 3.55. The third kappa shape index (κ3) is 5.71. The molecular weight excluding hydrogens is 350 g/mol. The molecule has 0 spiro atoms. The summed E-state index contributed by atoms with van der Waals surface area (Å²) < 4.78 is 25.9. The first-order valence-electron chi connectivity index (χ1n) is 9.26. The number of aryl methyl sites for hydroxylation is 2. The van der Waals surface area contributed by atoms with E-state index in [-0.39, 0.29) is 5.91 Å². The molecule has 1 atom stereocenters. The van der Waals surface area contributed by atoms with Crippen molar-refractivity contribution in [3.8, 4) is 0 Å². The Morgan fingerprint density at radius 3 is 2.31 bits per heavy atom. The van der Waals surface area contributed by atoms with Crippen molar-refractivity contribution in [2.24, 2.45) is 0 Å². The maximum absolute atomic E-state index is 12.5. The molecule has 6 nitrogen and oxygen atoms in total. The van der Waals surface area contributed by atoms with Crippen molar-refractivity contribution in [2.75, 3.05) is 36.7 Å². The Hall–Kier alpha value is -1.60. The summed E-state index contributed by atoms with van der Waals surface area (Å²) in [7, 11) is -3.58. The molecular formula is C19H31N3O3S. The van der Waals surface area contributed by atoms with Crippen molar-refractivity contribution in [3.05, 3.63) is 29.3 Å². The molecule has 26 heavy (non-hydrogen) atoms. The Bertz CT molecular complexity index is 707. The molecule has 1 aliphatic heterocycles. The van der Waals surface area contributed by atoms with Gasteiger partial charge in [-0.25, -0.2) is 8.42 Å². The molecule has 1 amide bonds. The van der Waals surface area contributed by atoms with Gasteiger partial charge in [-0.05, 0) is 82.9 Å². The lowest BCUT2D eigenvalue weighted by Gasteiger charge is -2.29. The highest BCUT2D eigenvalue weighted by Gasteiger charge is 2.29. The van der Waals surface area contributed by atoms with Gasteiger partial charge in [-0.15, -0.1) is 0 Å². The number of hydrogen-bond donors (Lipinski definition) is 1. The summed E-state index contributed by atoms with van der Waals surface area (Å²) in [4.78, 5) is 14.9. The van der Waals surface area contributed by atoms with Crippen molar-refractivity contribution >= 4 is 21.6 Å². The maximum atomic E-state index is 12.5. The number of carbonyl (C=O) groups excluding carboxylic acids is 1. The molecule has 2 rings (SSSR count). The number of likely N-dealkylation sites (tertiary alicyclic amines) is 1. The highest BCUT2D eigenvalue weighted by molar-refractivity contribution is 7.92. The van der Waals surface area contributed by atoms with Crippen LogP contribution in [-0.4, -0.2) is 57.7 Å². The van der Waals surface area contributed by atoms with Gasteiger partial charge >= 0.3 is 0 Å². The van der Waals surface area contributed by atoms with Crippen molar-refractivity contribution in [1.82, 2.24) is 10.2 Å². The second-order valence-corrected chi connectivity index (χ2v) is 9.13. The van der Waals surface area contributed by atoms with Crippen LogP contribution in [0.3, 0.4) is 0 Å². The molecule has 0 aliphatic carbocycles. The van der Waals surface area contributed by atoms with Crippen LogP contribution in [0, 0.1) is 13.8 Å². The first-order valence-corrected chi connectivity index (χ1v) is 11.1. The van der Waals surface area contributed by atoms with Crippen molar-refractivity contribution in [2.45, 2.75) is 46.1 Å². The predicted octanol–water partition coefficient (Wildman–Crippen LogP) is 2.06. The minimum absolute atomic E-state index is 0.268. The van der Waals surface area contributed by atoms with Crippen molar-refractivity contribution in [3.63, 3.8) is 0 Å². The summed E-state index contributed by atoms with van der Waals surface area (Å²) in [6.07, 6.45) is 4.52. The van der Waals surface area contributed by atoms with E-state index < -0.39 is 16.1 Å². The van der Waals surface area contributed by atoms with E-state index in [0.29, 0.717) is 12.2 Å². The van der Waals surface area contributed by atoms with Gasteiger partial charge in [-0.1, -0.05) is 6.07 Å². The molecule has 0 unspecified atom stereocenters. The average Bonchev–Trinajstić information content (AvgIpc) is 3.02. The van der Waals surface area contributed by atoms with E-state index in [0.717, 1.165) is 43.4 Å². The normalized spacial score (nSPS) is 16.5. The van der Waals surface area contributed by atoms with E-state index >= 15 is 0 Å². The van der Waals surface area contributed by atoms with Gasteiger partial charge in [-0.3, -0.25) is 9.10 Å². The van der Waals surface area contributed by atoms with E-state index in [9.17, 15) is 13.2 Å².